The molecule has 0 aliphatic rings. The summed E-state index contributed by atoms with van der Waals surface area (Å²) in [5, 5.41) is 12.9. The number of fused-ring (bicyclic) bond motifs is 12. The van der Waals surface area contributed by atoms with Crippen LogP contribution in [0.2, 0.25) is 0 Å². The van der Waals surface area contributed by atoms with E-state index in [2.05, 4.69) is 254 Å². The highest BCUT2D eigenvalue weighted by atomic mass is 16.3. The van der Waals surface area contributed by atoms with Gasteiger partial charge < -0.3 is 23.0 Å². The molecule has 15 rings (SSSR count). The number of hydrogen-bond donors (Lipinski definition) is 0. The summed E-state index contributed by atoms with van der Waals surface area (Å²) in [7, 11) is 0. The van der Waals surface area contributed by atoms with Crippen molar-refractivity contribution in [2.24, 2.45) is 0 Å². The minimum atomic E-state index is 0.0573. The Labute approximate surface area is 451 Å². The topological polar surface area (TPSA) is 37.2 Å². The maximum Gasteiger partial charge on any atom is 0.137 e. The van der Waals surface area contributed by atoms with Crippen molar-refractivity contribution in [2.75, 3.05) is 9.80 Å². The first-order chi connectivity index (χ1) is 38.2. The Bertz CT molecular complexity index is 4910. The third-order valence-electron chi connectivity index (χ3n) is 16.0. The van der Waals surface area contributed by atoms with Crippen LogP contribution in [-0.2, 0) is 5.41 Å². The summed E-state index contributed by atoms with van der Waals surface area (Å²) in [4.78, 5) is 4.66. The Morgan fingerprint density at radius 1 is 0.410 bits per heavy atom. The fraction of sp³-hybridized carbons (Fsp3) is 0.0685. The SMILES string of the molecule is C=Cc1oc2cc(N(c3ccccc3)c3ccc4cc5c6cc(-c7ccc(C(C)(C)C)cc7)cc7c8cc9ccc(N(c%10ccccc%10)c%10ccc%11c(c%10)oc%10ccccc%10%11)cc9cc8n(c5cc4c3)c67)ccc2c1/C=C\C. The molecule has 11 aromatic carbocycles. The number of hydrogen-bond acceptors (Lipinski definition) is 4. The highest BCUT2D eigenvalue weighted by Gasteiger charge is 2.24. The molecule has 0 atom stereocenters. The van der Waals surface area contributed by atoms with Gasteiger partial charge in [0.1, 0.15) is 22.5 Å². The van der Waals surface area contributed by atoms with Crippen molar-refractivity contribution in [3.63, 3.8) is 0 Å². The van der Waals surface area contributed by atoms with E-state index < -0.39 is 0 Å². The normalized spacial score (nSPS) is 12.4. The Balaban J connectivity index is 0.941. The van der Waals surface area contributed by atoms with Crippen LogP contribution in [0.5, 0.6) is 0 Å². The number of benzene rings is 11. The van der Waals surface area contributed by atoms with Gasteiger partial charge in [-0.3, -0.25) is 0 Å². The first-order valence-corrected chi connectivity index (χ1v) is 26.9. The van der Waals surface area contributed by atoms with E-state index >= 15 is 0 Å². The average Bonchev–Trinajstić information content (AvgIpc) is 4.39. The molecule has 372 valence electrons. The van der Waals surface area contributed by atoms with E-state index in [0.29, 0.717) is 0 Å². The van der Waals surface area contributed by atoms with E-state index in [1.165, 1.54) is 65.6 Å². The van der Waals surface area contributed by atoms with Crippen LogP contribution in [0.15, 0.2) is 240 Å². The van der Waals surface area contributed by atoms with E-state index in [9.17, 15) is 0 Å². The fourth-order valence-corrected chi connectivity index (χ4v) is 12.3. The number of para-hydroxylation sites is 3. The molecular formula is C73H53N3O2. The van der Waals surface area contributed by atoms with Gasteiger partial charge in [-0.2, -0.15) is 0 Å². The number of allylic oxidation sites excluding steroid dienone is 1. The zero-order chi connectivity index (χ0) is 52.4. The lowest BCUT2D eigenvalue weighted by Gasteiger charge is -2.26. The molecule has 15 aromatic rings. The maximum absolute atomic E-state index is 6.45. The van der Waals surface area contributed by atoms with Crippen LogP contribution < -0.4 is 9.80 Å². The molecular weight excluding hydrogens is 951 g/mol. The quantitative estimate of drug-likeness (QED) is 0.144. The Morgan fingerprint density at radius 2 is 0.923 bits per heavy atom. The summed E-state index contributed by atoms with van der Waals surface area (Å²) in [6, 6.07) is 80.0. The second kappa shape index (κ2) is 17.4. The third-order valence-corrected chi connectivity index (χ3v) is 16.0. The fourth-order valence-electron chi connectivity index (χ4n) is 12.3. The molecule has 5 nitrogen and oxygen atoms in total. The molecule has 78 heavy (non-hydrogen) atoms. The van der Waals surface area contributed by atoms with Crippen LogP contribution in [0.25, 0.3) is 116 Å². The van der Waals surface area contributed by atoms with Gasteiger partial charge in [0.05, 0.1) is 16.6 Å². The van der Waals surface area contributed by atoms with E-state index in [1.54, 1.807) is 6.08 Å². The van der Waals surface area contributed by atoms with Crippen LogP contribution in [0.1, 0.15) is 44.6 Å². The summed E-state index contributed by atoms with van der Waals surface area (Å²) in [5.41, 5.74) is 17.3. The number of anilines is 6. The van der Waals surface area contributed by atoms with Crippen LogP contribution in [-0.4, -0.2) is 4.40 Å². The van der Waals surface area contributed by atoms with E-state index in [1.807, 2.05) is 25.1 Å². The Kier molecular flexibility index (Phi) is 10.1. The minimum Gasteiger partial charge on any atom is -0.456 e. The monoisotopic (exact) mass is 1000 g/mol. The molecule has 0 saturated heterocycles. The molecule has 0 bridgehead atoms. The first kappa shape index (κ1) is 45.5. The van der Waals surface area contributed by atoms with Crippen molar-refractivity contribution in [1.82, 2.24) is 4.40 Å². The zero-order valence-electron chi connectivity index (χ0n) is 43.9. The van der Waals surface area contributed by atoms with Crippen molar-refractivity contribution in [3.8, 4) is 11.1 Å². The summed E-state index contributed by atoms with van der Waals surface area (Å²) in [5.74, 6) is 0.768. The first-order valence-electron chi connectivity index (χ1n) is 26.9. The van der Waals surface area contributed by atoms with Crippen LogP contribution in [0.4, 0.5) is 34.1 Å². The minimum absolute atomic E-state index is 0.0573. The maximum atomic E-state index is 6.45. The highest BCUT2D eigenvalue weighted by Crippen LogP contribution is 2.47. The van der Waals surface area contributed by atoms with Gasteiger partial charge in [0.25, 0.3) is 0 Å². The molecule has 0 unspecified atom stereocenters. The van der Waals surface area contributed by atoms with E-state index in [4.69, 9.17) is 8.83 Å². The van der Waals surface area contributed by atoms with Crippen molar-refractivity contribution in [1.29, 1.82) is 0 Å². The third kappa shape index (κ3) is 7.15. The molecule has 0 aliphatic carbocycles. The summed E-state index contributed by atoms with van der Waals surface area (Å²) < 4.78 is 15.4. The van der Waals surface area contributed by atoms with Gasteiger partial charge in [-0.1, -0.05) is 130 Å². The molecule has 0 fully saturated rings. The summed E-state index contributed by atoms with van der Waals surface area (Å²) in [6.45, 7) is 12.9. The molecule has 0 amide bonds. The molecule has 0 spiro atoms. The highest BCUT2D eigenvalue weighted by molar-refractivity contribution is 6.27. The van der Waals surface area contributed by atoms with Crippen LogP contribution in [0.3, 0.4) is 0 Å². The van der Waals surface area contributed by atoms with Gasteiger partial charge in [0.15, 0.2) is 0 Å². The number of nitrogens with zero attached hydrogens (tertiary/aromatic N) is 3. The van der Waals surface area contributed by atoms with Gasteiger partial charge in [-0.15, -0.1) is 0 Å². The smallest absolute Gasteiger partial charge is 0.137 e. The van der Waals surface area contributed by atoms with Gasteiger partial charge in [0, 0.05) is 89.5 Å². The van der Waals surface area contributed by atoms with E-state index in [0.717, 1.165) is 89.1 Å². The van der Waals surface area contributed by atoms with E-state index in [-0.39, 0.29) is 5.41 Å². The zero-order valence-corrected chi connectivity index (χ0v) is 43.9. The molecule has 0 aliphatic heterocycles. The lowest BCUT2D eigenvalue weighted by Crippen LogP contribution is -2.10. The van der Waals surface area contributed by atoms with Crippen LogP contribution in [0, 0.1) is 0 Å². The standard InChI is InChI=1S/C73H53N3O2/c1-6-16-58-60-33-31-56(43-70(60)77-68(58)7-2)74(52-17-10-8-11-18-52)54-29-25-46-37-62-64-39-50(45-23-27-51(28-24-45)73(3,4)5)40-65-63-38-47-26-30-55(36-49(47)42-67(63)76(72(64)65)66(62)41-48(46)35-54)75(53-19-12-9-13-20-53)57-32-34-61-59-21-14-15-22-69(59)78-71(61)44-57/h6-44H,2H2,1,3-5H3/b16-6-. The Hall–Kier alpha value is -9.84. The second-order valence-electron chi connectivity index (χ2n) is 21.8. The number of furan rings is 2. The number of aromatic nitrogens is 1. The van der Waals surface area contributed by atoms with Gasteiger partial charge >= 0.3 is 0 Å². The molecule has 0 N–H and O–H groups in total. The van der Waals surface area contributed by atoms with Gasteiger partial charge in [0.2, 0.25) is 0 Å². The molecule has 4 aromatic heterocycles. The predicted molar refractivity (Wildman–Crippen MR) is 331 cm³/mol. The summed E-state index contributed by atoms with van der Waals surface area (Å²) in [6.07, 6.45) is 5.93. The lowest BCUT2D eigenvalue weighted by molar-refractivity contribution is 0.590. The van der Waals surface area contributed by atoms with Gasteiger partial charge in [-0.05, 0) is 172 Å². The molecule has 4 heterocycles. The van der Waals surface area contributed by atoms with Crippen molar-refractivity contribution >= 4 is 139 Å². The molecule has 0 radical (unpaired) electrons. The van der Waals surface area contributed by atoms with Gasteiger partial charge in [-0.25, -0.2) is 0 Å². The van der Waals surface area contributed by atoms with Crippen LogP contribution >= 0.6 is 0 Å². The molecule has 5 heteroatoms. The largest absolute Gasteiger partial charge is 0.456 e. The average molecular weight is 1000 g/mol. The van der Waals surface area contributed by atoms with Crippen molar-refractivity contribution in [2.45, 2.75) is 33.1 Å². The summed E-state index contributed by atoms with van der Waals surface area (Å²) >= 11 is 0. The number of rotatable bonds is 9. The van der Waals surface area contributed by atoms with Crippen molar-refractivity contribution < 1.29 is 8.83 Å². The Morgan fingerprint density at radius 3 is 1.49 bits per heavy atom. The molecule has 0 saturated carbocycles. The second-order valence-corrected chi connectivity index (χ2v) is 21.8. The van der Waals surface area contributed by atoms with Crippen molar-refractivity contribution in [3.05, 3.63) is 248 Å². The predicted octanol–water partition coefficient (Wildman–Crippen LogP) is 21.4. The lowest BCUT2D eigenvalue weighted by atomic mass is 9.86.